The van der Waals surface area contributed by atoms with Gasteiger partial charge < -0.3 is 9.64 Å². The van der Waals surface area contributed by atoms with Crippen LogP contribution in [-0.2, 0) is 21.3 Å². The molecule has 2 aromatic carbocycles. The van der Waals surface area contributed by atoms with Crippen molar-refractivity contribution >= 4 is 26.6 Å². The van der Waals surface area contributed by atoms with Gasteiger partial charge in [-0.2, -0.15) is 0 Å². The van der Waals surface area contributed by atoms with Crippen molar-refractivity contribution in [2.75, 3.05) is 31.2 Å². The molecular formula is C25H25N5O3S. The SMILES string of the molecule is Cc1ccc(-c2nnc(N3CCOCC3)c3ccccc23)cc1S(=O)(=O)NCc1ccccn1. The number of morpholine rings is 1. The van der Waals surface area contributed by atoms with Gasteiger partial charge in [0.25, 0.3) is 0 Å². The molecule has 1 fully saturated rings. The van der Waals surface area contributed by atoms with Gasteiger partial charge >= 0.3 is 0 Å². The number of nitrogens with one attached hydrogen (secondary N) is 1. The van der Waals surface area contributed by atoms with E-state index in [-0.39, 0.29) is 11.4 Å². The lowest BCUT2D eigenvalue weighted by molar-refractivity contribution is 0.122. The first-order valence-electron chi connectivity index (χ1n) is 11.1. The van der Waals surface area contributed by atoms with Gasteiger partial charge in [-0.1, -0.05) is 42.5 Å². The predicted octanol–water partition coefficient (Wildman–Crippen LogP) is 3.32. The Kier molecular flexibility index (Phi) is 6.23. The van der Waals surface area contributed by atoms with Crippen LogP contribution in [0.15, 0.2) is 71.8 Å². The average Bonchev–Trinajstić information content (AvgIpc) is 2.88. The predicted molar refractivity (Wildman–Crippen MR) is 131 cm³/mol. The molecule has 0 aliphatic carbocycles. The van der Waals surface area contributed by atoms with Gasteiger partial charge in [0, 0.05) is 35.6 Å². The van der Waals surface area contributed by atoms with Crippen molar-refractivity contribution in [3.63, 3.8) is 0 Å². The molecule has 34 heavy (non-hydrogen) atoms. The third kappa shape index (κ3) is 4.50. The zero-order valence-electron chi connectivity index (χ0n) is 18.8. The molecule has 8 nitrogen and oxygen atoms in total. The lowest BCUT2D eigenvalue weighted by Crippen LogP contribution is -2.37. The highest BCUT2D eigenvalue weighted by molar-refractivity contribution is 7.89. The molecule has 3 heterocycles. The first-order chi connectivity index (χ1) is 16.5. The number of aromatic nitrogens is 3. The summed E-state index contributed by atoms with van der Waals surface area (Å²) >= 11 is 0. The molecule has 0 spiro atoms. The van der Waals surface area contributed by atoms with E-state index in [1.54, 1.807) is 37.4 Å². The molecule has 9 heteroatoms. The van der Waals surface area contributed by atoms with Crippen LogP contribution < -0.4 is 9.62 Å². The number of fused-ring (bicyclic) bond motifs is 1. The number of ether oxygens (including phenoxy) is 1. The Bertz CT molecular complexity index is 1420. The summed E-state index contributed by atoms with van der Waals surface area (Å²) in [4.78, 5) is 6.57. The minimum atomic E-state index is -3.76. The van der Waals surface area contributed by atoms with Crippen LogP contribution in [0, 0.1) is 6.92 Å². The second-order valence-electron chi connectivity index (χ2n) is 8.14. The van der Waals surface area contributed by atoms with Crippen molar-refractivity contribution in [3.05, 3.63) is 78.1 Å². The van der Waals surface area contributed by atoms with E-state index in [1.807, 2.05) is 36.4 Å². The highest BCUT2D eigenvalue weighted by atomic mass is 32.2. The fourth-order valence-electron chi connectivity index (χ4n) is 4.10. The normalized spacial score (nSPS) is 14.4. The van der Waals surface area contributed by atoms with Gasteiger partial charge in [-0.15, -0.1) is 10.2 Å². The van der Waals surface area contributed by atoms with Crippen LogP contribution in [-0.4, -0.2) is 49.9 Å². The summed E-state index contributed by atoms with van der Waals surface area (Å²) < 4.78 is 34.4. The minimum absolute atomic E-state index is 0.115. The van der Waals surface area contributed by atoms with Crippen molar-refractivity contribution in [1.82, 2.24) is 19.9 Å². The first kappa shape index (κ1) is 22.4. The molecule has 2 aromatic heterocycles. The third-order valence-corrected chi connectivity index (χ3v) is 7.44. The lowest BCUT2D eigenvalue weighted by Gasteiger charge is -2.28. The number of hydrogen-bond donors (Lipinski definition) is 1. The zero-order chi connectivity index (χ0) is 23.5. The van der Waals surface area contributed by atoms with E-state index >= 15 is 0 Å². The van der Waals surface area contributed by atoms with Gasteiger partial charge in [-0.3, -0.25) is 4.98 Å². The van der Waals surface area contributed by atoms with Gasteiger partial charge in [0.15, 0.2) is 5.82 Å². The maximum atomic E-state index is 13.1. The summed E-state index contributed by atoms with van der Waals surface area (Å²) in [6.45, 7) is 4.72. The van der Waals surface area contributed by atoms with Crippen molar-refractivity contribution in [2.24, 2.45) is 0 Å². The Hall–Kier alpha value is -3.40. The van der Waals surface area contributed by atoms with Gasteiger partial charge in [0.1, 0.15) is 5.69 Å². The van der Waals surface area contributed by atoms with Gasteiger partial charge in [-0.25, -0.2) is 13.1 Å². The Balaban J connectivity index is 1.52. The topological polar surface area (TPSA) is 97.3 Å². The summed E-state index contributed by atoms with van der Waals surface area (Å²) in [7, 11) is -3.76. The standard InChI is InChI=1S/C25H25N5O3S/c1-18-9-10-19(16-23(18)34(31,32)27-17-20-6-4-5-11-26-20)24-21-7-2-3-8-22(21)25(29-28-24)30-12-14-33-15-13-30/h2-11,16,27H,12-15,17H2,1H3. The van der Waals surface area contributed by atoms with Crippen molar-refractivity contribution in [3.8, 4) is 11.3 Å². The Morgan fingerprint density at radius 2 is 1.74 bits per heavy atom. The molecule has 0 atom stereocenters. The molecule has 5 rings (SSSR count). The second kappa shape index (κ2) is 9.46. The van der Waals surface area contributed by atoms with Crippen LogP contribution in [0.3, 0.4) is 0 Å². The number of benzene rings is 2. The minimum Gasteiger partial charge on any atom is -0.378 e. The summed E-state index contributed by atoms with van der Waals surface area (Å²) in [5.74, 6) is 0.819. The van der Waals surface area contributed by atoms with Crippen LogP contribution in [0.5, 0.6) is 0 Å². The average molecular weight is 476 g/mol. The van der Waals surface area contributed by atoms with Gasteiger partial charge in [0.2, 0.25) is 10.0 Å². The van der Waals surface area contributed by atoms with Crippen molar-refractivity contribution < 1.29 is 13.2 Å². The maximum Gasteiger partial charge on any atom is 0.241 e. The number of pyridine rings is 1. The first-order valence-corrected chi connectivity index (χ1v) is 12.6. The van der Waals surface area contributed by atoms with E-state index in [2.05, 4.69) is 24.8 Å². The molecule has 0 unspecified atom stereocenters. The molecule has 1 saturated heterocycles. The van der Waals surface area contributed by atoms with E-state index in [0.29, 0.717) is 35.7 Å². The highest BCUT2D eigenvalue weighted by Crippen LogP contribution is 2.33. The van der Waals surface area contributed by atoms with Crippen molar-refractivity contribution in [1.29, 1.82) is 0 Å². The van der Waals surface area contributed by atoms with Crippen LogP contribution in [0.4, 0.5) is 5.82 Å². The molecule has 1 aliphatic rings. The summed E-state index contributed by atoms with van der Waals surface area (Å²) in [6.07, 6.45) is 1.64. The number of sulfonamides is 1. The van der Waals surface area contributed by atoms with Crippen LogP contribution in [0.25, 0.3) is 22.0 Å². The lowest BCUT2D eigenvalue weighted by atomic mass is 10.0. The van der Waals surface area contributed by atoms with E-state index in [1.165, 1.54) is 0 Å². The molecule has 0 radical (unpaired) electrons. The molecule has 1 N–H and O–H groups in total. The third-order valence-electron chi connectivity index (χ3n) is 5.90. The molecular weight excluding hydrogens is 450 g/mol. The maximum absolute atomic E-state index is 13.1. The van der Waals surface area contributed by atoms with Gasteiger partial charge in [0.05, 0.1) is 30.3 Å². The molecule has 174 valence electrons. The van der Waals surface area contributed by atoms with Crippen LogP contribution in [0.1, 0.15) is 11.3 Å². The summed E-state index contributed by atoms with van der Waals surface area (Å²) in [5.41, 5.74) is 2.64. The highest BCUT2D eigenvalue weighted by Gasteiger charge is 2.21. The molecule has 1 aliphatic heterocycles. The number of hydrogen-bond acceptors (Lipinski definition) is 7. The number of nitrogens with zero attached hydrogens (tertiary/aromatic N) is 4. The molecule has 4 aromatic rings. The number of anilines is 1. The second-order valence-corrected chi connectivity index (χ2v) is 9.88. The van der Waals surface area contributed by atoms with E-state index in [9.17, 15) is 8.42 Å². The molecule has 0 bridgehead atoms. The monoisotopic (exact) mass is 475 g/mol. The van der Waals surface area contributed by atoms with E-state index < -0.39 is 10.0 Å². The Labute approximate surface area is 198 Å². The Morgan fingerprint density at radius 3 is 2.50 bits per heavy atom. The number of rotatable bonds is 6. The summed E-state index contributed by atoms with van der Waals surface area (Å²) in [6, 6.07) is 18.7. The fraction of sp³-hybridized carbons (Fsp3) is 0.240. The van der Waals surface area contributed by atoms with E-state index in [0.717, 1.165) is 29.7 Å². The largest absolute Gasteiger partial charge is 0.378 e. The fourth-order valence-corrected chi connectivity index (χ4v) is 5.37. The van der Waals surface area contributed by atoms with Crippen LogP contribution >= 0.6 is 0 Å². The van der Waals surface area contributed by atoms with E-state index in [4.69, 9.17) is 4.74 Å². The summed E-state index contributed by atoms with van der Waals surface area (Å²) in [5, 5.41) is 11.0. The zero-order valence-corrected chi connectivity index (χ0v) is 19.6. The van der Waals surface area contributed by atoms with Crippen LogP contribution in [0.2, 0.25) is 0 Å². The molecule has 0 amide bonds. The van der Waals surface area contributed by atoms with Crippen molar-refractivity contribution in [2.45, 2.75) is 18.4 Å². The van der Waals surface area contributed by atoms with Gasteiger partial charge in [-0.05, 0) is 30.7 Å². The number of aryl methyl sites for hydroxylation is 1. The smallest absolute Gasteiger partial charge is 0.241 e. The quantitative estimate of drug-likeness (QED) is 0.457. The Morgan fingerprint density at radius 1 is 0.971 bits per heavy atom. The molecule has 0 saturated carbocycles.